The molecule has 24 rings (SSSR count). The van der Waals surface area contributed by atoms with Crippen molar-refractivity contribution in [2.24, 2.45) is 0 Å². The lowest BCUT2D eigenvalue weighted by Crippen LogP contribution is -2.18. The van der Waals surface area contributed by atoms with Gasteiger partial charge in [0.15, 0.2) is 16.7 Å². The summed E-state index contributed by atoms with van der Waals surface area (Å²) in [6, 6.07) is 102. The molecule has 0 saturated carbocycles. The Labute approximate surface area is 615 Å². The van der Waals surface area contributed by atoms with Crippen LogP contribution in [0, 0.1) is 0 Å². The molecule has 0 aliphatic carbocycles. The van der Waals surface area contributed by atoms with Gasteiger partial charge in [-0.15, -0.1) is 0 Å². The summed E-state index contributed by atoms with van der Waals surface area (Å²) in [6.45, 7) is 0. The highest BCUT2D eigenvalue weighted by molar-refractivity contribution is 6.18. The summed E-state index contributed by atoms with van der Waals surface area (Å²) in [5, 5.41) is 10.0. The molecule has 3 aliphatic heterocycles. The highest BCUT2D eigenvalue weighted by Crippen LogP contribution is 2.55. The fourth-order valence-corrected chi connectivity index (χ4v) is 16.0. The van der Waals surface area contributed by atoms with Crippen molar-refractivity contribution < 1.29 is 13.3 Å². The van der Waals surface area contributed by atoms with E-state index in [0.29, 0.717) is 40.3 Å². The first-order chi connectivity index (χ1) is 53.6. The summed E-state index contributed by atoms with van der Waals surface area (Å²) in [7, 11) is 0. The van der Waals surface area contributed by atoms with E-state index in [1.165, 1.54) is 49.0 Å². The number of hydrogen-bond donors (Lipinski definition) is 0. The highest BCUT2D eigenvalue weighted by Gasteiger charge is 2.34. The van der Waals surface area contributed by atoms with Crippen LogP contribution in [0.25, 0.3) is 166 Å². The number of rotatable bonds is 6. The zero-order chi connectivity index (χ0) is 70.9. The minimum atomic E-state index is 0.587. The summed E-state index contributed by atoms with van der Waals surface area (Å²) in [4.78, 5) is 50.4. The molecule has 15 heteroatoms. The number of anilines is 9. The topological polar surface area (TPSA) is 165 Å². The molecule has 0 fully saturated rings. The first-order valence-electron chi connectivity index (χ1n) is 35.6. The molecule has 12 heterocycles. The van der Waals surface area contributed by atoms with Gasteiger partial charge in [0.25, 0.3) is 0 Å². The number of nitrogens with zero attached hydrogens (tertiary/aromatic N) is 12. The predicted molar refractivity (Wildman–Crippen MR) is 431 cm³/mol. The molecule has 0 atom stereocenters. The van der Waals surface area contributed by atoms with Crippen LogP contribution in [0.2, 0.25) is 0 Å². The number of benzene rings is 12. The van der Waals surface area contributed by atoms with Crippen LogP contribution in [0.3, 0.4) is 0 Å². The lowest BCUT2D eigenvalue weighted by atomic mass is 9.91. The average molecular weight is 1390 g/mol. The number of fused-ring (bicyclic) bond motifs is 15. The molecule has 0 unspecified atom stereocenters. The van der Waals surface area contributed by atoms with E-state index >= 15 is 0 Å². The lowest BCUT2D eigenvalue weighted by Gasteiger charge is -2.31. The standard InChI is InChI=1S/3C31H18N4O/c1-3-14-24-21(11-1)22-13-5-8-19-9-6-15-25(27(19)22)35(24)31-33-28(20-10-7-17-32-18-20)30-29(34-31)23-12-2-4-16-26(23)36-30;1-3-12-24-21(9-1)22-11-5-7-19-8-6-13-25(27(19)22)35(24)31-33-28(20-15-17-32-18-16-20)30-29(34-31)23-10-2-4-14-26(23)36-30;1-3-15-24-20(11-1)21-13-7-9-19-10-8-16-25(27(19)21)35(24)31-33-28-22-12-2-4-17-26(22)36-30(28)29(34-31)23-14-5-6-18-32-23/h3*1-18H. The summed E-state index contributed by atoms with van der Waals surface area (Å²) in [5.74, 6) is 1.79. The molecule has 0 saturated heterocycles. The Hall–Kier alpha value is -15.1. The molecule has 504 valence electrons. The first kappa shape index (κ1) is 60.5. The van der Waals surface area contributed by atoms with Crippen molar-refractivity contribution in [2.45, 2.75) is 0 Å². The molecule has 0 spiro atoms. The Kier molecular flexibility index (Phi) is 13.6. The van der Waals surface area contributed by atoms with Gasteiger partial charge in [0, 0.05) is 91.1 Å². The Morgan fingerprint density at radius 1 is 0.241 bits per heavy atom. The monoisotopic (exact) mass is 1390 g/mol. The lowest BCUT2D eigenvalue weighted by molar-refractivity contribution is 0.666. The average Bonchev–Trinajstić information content (AvgIpc) is 0.836. The van der Waals surface area contributed by atoms with Crippen molar-refractivity contribution in [3.63, 3.8) is 0 Å². The maximum atomic E-state index is 6.30. The van der Waals surface area contributed by atoms with Crippen LogP contribution in [-0.4, -0.2) is 44.9 Å². The van der Waals surface area contributed by atoms with E-state index in [1.54, 1.807) is 24.8 Å². The van der Waals surface area contributed by atoms with Gasteiger partial charge in [-0.2, -0.15) is 0 Å². The molecular weight excluding hydrogens is 1330 g/mol. The van der Waals surface area contributed by atoms with Gasteiger partial charge in [0.2, 0.25) is 17.8 Å². The van der Waals surface area contributed by atoms with Gasteiger partial charge in [0.05, 0.1) is 39.8 Å². The van der Waals surface area contributed by atoms with Crippen LogP contribution in [-0.2, 0) is 0 Å². The molecule has 9 aromatic heterocycles. The zero-order valence-corrected chi connectivity index (χ0v) is 57.3. The van der Waals surface area contributed by atoms with Crippen LogP contribution >= 0.6 is 0 Å². The van der Waals surface area contributed by atoms with Gasteiger partial charge in [0.1, 0.15) is 50.4 Å². The molecular formula is C93H54N12O3. The fraction of sp³-hybridized carbons (Fsp3) is 0. The van der Waals surface area contributed by atoms with Crippen molar-refractivity contribution in [1.29, 1.82) is 0 Å². The van der Waals surface area contributed by atoms with E-state index in [0.717, 1.165) is 128 Å². The Bertz CT molecular complexity index is 6550. The van der Waals surface area contributed by atoms with E-state index in [-0.39, 0.29) is 0 Å². The second-order valence-electron chi connectivity index (χ2n) is 26.7. The van der Waals surface area contributed by atoms with Crippen LogP contribution in [0.1, 0.15) is 0 Å². The largest absolute Gasteiger partial charge is 0.452 e. The Balaban J connectivity index is 0.000000100. The van der Waals surface area contributed by atoms with Crippen molar-refractivity contribution in [3.05, 3.63) is 328 Å². The fourth-order valence-electron chi connectivity index (χ4n) is 16.0. The second kappa shape index (κ2) is 24.3. The number of hydrogen-bond acceptors (Lipinski definition) is 15. The zero-order valence-electron chi connectivity index (χ0n) is 57.3. The minimum Gasteiger partial charge on any atom is -0.452 e. The molecule has 3 aliphatic rings. The van der Waals surface area contributed by atoms with E-state index in [1.807, 2.05) is 115 Å². The van der Waals surface area contributed by atoms with Crippen LogP contribution < -0.4 is 14.7 Å². The third-order valence-corrected chi connectivity index (χ3v) is 20.7. The van der Waals surface area contributed by atoms with Crippen molar-refractivity contribution in [2.75, 3.05) is 14.7 Å². The quantitative estimate of drug-likeness (QED) is 0.154. The molecule has 21 aromatic rings. The smallest absolute Gasteiger partial charge is 0.236 e. The summed E-state index contributed by atoms with van der Waals surface area (Å²) < 4.78 is 18.9. The molecule has 0 bridgehead atoms. The first-order valence-corrected chi connectivity index (χ1v) is 35.6. The van der Waals surface area contributed by atoms with Gasteiger partial charge >= 0.3 is 0 Å². The number of aromatic nitrogens is 9. The number of furan rings is 3. The third-order valence-electron chi connectivity index (χ3n) is 20.7. The Morgan fingerprint density at radius 2 is 0.602 bits per heavy atom. The van der Waals surface area contributed by atoms with Gasteiger partial charge < -0.3 is 13.3 Å². The van der Waals surface area contributed by atoms with Crippen molar-refractivity contribution in [1.82, 2.24) is 44.9 Å². The Morgan fingerprint density at radius 3 is 1.02 bits per heavy atom. The predicted octanol–water partition coefficient (Wildman–Crippen LogP) is 24.1. The van der Waals surface area contributed by atoms with Crippen molar-refractivity contribution >= 4 is 150 Å². The van der Waals surface area contributed by atoms with Gasteiger partial charge in [-0.1, -0.05) is 188 Å². The van der Waals surface area contributed by atoms with E-state index in [2.05, 4.69) is 218 Å². The van der Waals surface area contributed by atoms with Crippen LogP contribution in [0.15, 0.2) is 341 Å². The molecule has 12 aromatic carbocycles. The maximum Gasteiger partial charge on any atom is 0.236 e. The third kappa shape index (κ3) is 9.45. The normalized spacial score (nSPS) is 12.4. The van der Waals surface area contributed by atoms with Gasteiger partial charge in [-0.05, 0) is 142 Å². The molecule has 108 heavy (non-hydrogen) atoms. The summed E-state index contributed by atoms with van der Waals surface area (Å²) in [6.07, 6.45) is 8.91. The van der Waals surface area contributed by atoms with E-state index < -0.39 is 0 Å². The summed E-state index contributed by atoms with van der Waals surface area (Å²) >= 11 is 0. The number of pyridine rings is 3. The maximum absolute atomic E-state index is 6.30. The highest BCUT2D eigenvalue weighted by atomic mass is 16.3. The molecule has 0 radical (unpaired) electrons. The minimum absolute atomic E-state index is 0.587. The SMILES string of the molecule is c1ccc(-c2nc(N3c4ccccc4-c4cccc5cccc3c45)nc3c2oc2ccccc23)nc1.c1ccc2c(c1)-c1cccc3cccc(c13)N2c1nc(-c2ccncc2)c2oc3ccccc3c2n1.c1cncc(-c2nc(N3c4ccccc4-c4cccc5cccc3c45)nc3c2oc2ccccc23)c1. The molecule has 0 N–H and O–H groups in total. The van der Waals surface area contributed by atoms with Crippen LogP contribution in [0.5, 0.6) is 0 Å². The second-order valence-corrected chi connectivity index (χ2v) is 26.7. The number of para-hydroxylation sites is 6. The van der Waals surface area contributed by atoms with Gasteiger partial charge in [-0.25, -0.2) is 29.9 Å². The van der Waals surface area contributed by atoms with Crippen LogP contribution in [0.4, 0.5) is 52.0 Å². The molecule has 0 amide bonds. The van der Waals surface area contributed by atoms with E-state index in [4.69, 9.17) is 43.2 Å². The summed E-state index contributed by atoms with van der Waals surface area (Å²) in [5.41, 5.74) is 24.9. The van der Waals surface area contributed by atoms with E-state index in [9.17, 15) is 0 Å². The van der Waals surface area contributed by atoms with Gasteiger partial charge in [-0.3, -0.25) is 29.7 Å². The molecule has 15 nitrogen and oxygen atoms in total. The van der Waals surface area contributed by atoms with Crippen molar-refractivity contribution in [3.8, 4) is 67.3 Å².